The summed E-state index contributed by atoms with van der Waals surface area (Å²) in [5.41, 5.74) is 7.26. The van der Waals surface area contributed by atoms with Crippen LogP contribution >= 0.6 is 0 Å². The Balaban J connectivity index is 2.07. The molecule has 3 heteroatoms. The molecular formula is C13H19FN2. The number of benzene rings is 1. The first kappa shape index (κ1) is 11.4. The Morgan fingerprint density at radius 1 is 1.31 bits per heavy atom. The Labute approximate surface area is 96.2 Å². The predicted molar refractivity (Wildman–Crippen MR) is 65.1 cm³/mol. The van der Waals surface area contributed by atoms with E-state index in [1.807, 2.05) is 12.1 Å². The zero-order chi connectivity index (χ0) is 11.6. The molecule has 16 heavy (non-hydrogen) atoms. The van der Waals surface area contributed by atoms with Gasteiger partial charge >= 0.3 is 0 Å². The normalized spacial score (nSPS) is 17.9. The van der Waals surface area contributed by atoms with Crippen LogP contribution in [-0.4, -0.2) is 18.6 Å². The second kappa shape index (κ2) is 4.42. The van der Waals surface area contributed by atoms with Crippen molar-refractivity contribution in [3.05, 3.63) is 30.1 Å². The molecule has 0 radical (unpaired) electrons. The van der Waals surface area contributed by atoms with Crippen LogP contribution in [0.4, 0.5) is 10.1 Å². The molecule has 88 valence electrons. The lowest BCUT2D eigenvalue weighted by molar-refractivity contribution is 0.253. The van der Waals surface area contributed by atoms with Crippen molar-refractivity contribution in [3.8, 4) is 0 Å². The van der Waals surface area contributed by atoms with Crippen molar-refractivity contribution in [2.24, 2.45) is 5.73 Å². The summed E-state index contributed by atoms with van der Waals surface area (Å²) in [6, 6.07) is 6.64. The van der Waals surface area contributed by atoms with E-state index in [0.29, 0.717) is 0 Å². The number of halogens is 1. The fourth-order valence-corrected chi connectivity index (χ4v) is 2.21. The summed E-state index contributed by atoms with van der Waals surface area (Å²) in [5.74, 6) is -0.189. The first-order valence-electron chi connectivity index (χ1n) is 5.92. The molecule has 1 fully saturated rings. The van der Waals surface area contributed by atoms with Gasteiger partial charge in [-0.3, -0.25) is 0 Å². The summed E-state index contributed by atoms with van der Waals surface area (Å²) in [4.78, 5) is 2.22. The van der Waals surface area contributed by atoms with Crippen LogP contribution in [0.15, 0.2) is 24.3 Å². The second-order valence-corrected chi connectivity index (χ2v) is 4.71. The van der Waals surface area contributed by atoms with Gasteiger partial charge in [-0.15, -0.1) is 0 Å². The Morgan fingerprint density at radius 3 is 2.38 bits per heavy atom. The first-order chi connectivity index (χ1) is 7.63. The SMILES string of the molecule is CCN(CC1(N)CCC1)c1ccc(F)cc1. The summed E-state index contributed by atoms with van der Waals surface area (Å²) in [6.45, 7) is 3.88. The van der Waals surface area contributed by atoms with E-state index in [9.17, 15) is 4.39 Å². The lowest BCUT2D eigenvalue weighted by atomic mass is 9.77. The van der Waals surface area contributed by atoms with Gasteiger partial charge in [-0.25, -0.2) is 4.39 Å². The number of hydrogen-bond acceptors (Lipinski definition) is 2. The molecule has 1 aromatic rings. The van der Waals surface area contributed by atoms with Gasteiger partial charge in [0, 0.05) is 24.3 Å². The van der Waals surface area contributed by atoms with Gasteiger partial charge < -0.3 is 10.6 Å². The molecule has 0 aromatic heterocycles. The Hall–Kier alpha value is -1.09. The maximum atomic E-state index is 12.8. The predicted octanol–water partition coefficient (Wildman–Crippen LogP) is 2.53. The molecule has 0 atom stereocenters. The van der Waals surface area contributed by atoms with E-state index < -0.39 is 0 Å². The van der Waals surface area contributed by atoms with Crippen molar-refractivity contribution in [2.75, 3.05) is 18.0 Å². The highest BCUT2D eigenvalue weighted by molar-refractivity contribution is 5.46. The molecule has 2 nitrogen and oxygen atoms in total. The van der Waals surface area contributed by atoms with Crippen LogP contribution in [0.25, 0.3) is 0 Å². The summed E-state index contributed by atoms with van der Waals surface area (Å²) in [7, 11) is 0. The molecule has 1 aromatic carbocycles. The molecule has 2 rings (SSSR count). The third kappa shape index (κ3) is 2.35. The summed E-state index contributed by atoms with van der Waals surface area (Å²) in [6.07, 6.45) is 3.44. The highest BCUT2D eigenvalue weighted by Crippen LogP contribution is 2.31. The van der Waals surface area contributed by atoms with E-state index in [1.54, 1.807) is 0 Å². The largest absolute Gasteiger partial charge is 0.370 e. The van der Waals surface area contributed by atoms with E-state index in [-0.39, 0.29) is 11.4 Å². The highest BCUT2D eigenvalue weighted by atomic mass is 19.1. The zero-order valence-corrected chi connectivity index (χ0v) is 9.75. The average Bonchev–Trinajstić information content (AvgIpc) is 2.25. The molecule has 1 aliphatic rings. The molecular weight excluding hydrogens is 203 g/mol. The number of hydrogen-bond donors (Lipinski definition) is 1. The van der Waals surface area contributed by atoms with Gasteiger partial charge in [-0.1, -0.05) is 0 Å². The van der Waals surface area contributed by atoms with Gasteiger partial charge in [-0.2, -0.15) is 0 Å². The van der Waals surface area contributed by atoms with E-state index in [2.05, 4.69) is 11.8 Å². The summed E-state index contributed by atoms with van der Waals surface area (Å²) < 4.78 is 12.8. The summed E-state index contributed by atoms with van der Waals surface area (Å²) in [5, 5.41) is 0. The van der Waals surface area contributed by atoms with E-state index in [1.165, 1.54) is 18.6 Å². The van der Waals surface area contributed by atoms with Crippen molar-refractivity contribution < 1.29 is 4.39 Å². The van der Waals surface area contributed by atoms with Crippen LogP contribution in [-0.2, 0) is 0 Å². The minimum Gasteiger partial charge on any atom is -0.370 e. The van der Waals surface area contributed by atoms with E-state index in [4.69, 9.17) is 5.73 Å². The third-order valence-electron chi connectivity index (χ3n) is 3.43. The third-order valence-corrected chi connectivity index (χ3v) is 3.43. The van der Waals surface area contributed by atoms with Crippen molar-refractivity contribution >= 4 is 5.69 Å². The van der Waals surface area contributed by atoms with Crippen LogP contribution in [0.3, 0.4) is 0 Å². The average molecular weight is 222 g/mol. The lowest BCUT2D eigenvalue weighted by Gasteiger charge is -2.42. The van der Waals surface area contributed by atoms with E-state index >= 15 is 0 Å². The van der Waals surface area contributed by atoms with Crippen LogP contribution in [0.2, 0.25) is 0 Å². The molecule has 0 saturated heterocycles. The number of rotatable bonds is 4. The number of nitrogens with zero attached hydrogens (tertiary/aromatic N) is 1. The van der Waals surface area contributed by atoms with Gasteiger partial charge in [0.05, 0.1) is 0 Å². The summed E-state index contributed by atoms with van der Waals surface area (Å²) >= 11 is 0. The number of nitrogens with two attached hydrogens (primary N) is 1. The molecule has 0 bridgehead atoms. The Kier molecular flexibility index (Phi) is 3.15. The zero-order valence-electron chi connectivity index (χ0n) is 9.75. The molecule has 1 aliphatic carbocycles. The maximum Gasteiger partial charge on any atom is 0.123 e. The van der Waals surface area contributed by atoms with Gasteiger partial charge in [0.15, 0.2) is 0 Å². The van der Waals surface area contributed by atoms with Crippen molar-refractivity contribution in [1.82, 2.24) is 0 Å². The Bertz CT molecular complexity index is 343. The first-order valence-corrected chi connectivity index (χ1v) is 5.92. The lowest BCUT2D eigenvalue weighted by Crippen LogP contribution is -2.55. The molecule has 0 unspecified atom stereocenters. The fourth-order valence-electron chi connectivity index (χ4n) is 2.21. The molecule has 0 aliphatic heterocycles. The van der Waals surface area contributed by atoms with Crippen LogP contribution in [0.5, 0.6) is 0 Å². The quantitative estimate of drug-likeness (QED) is 0.848. The smallest absolute Gasteiger partial charge is 0.123 e. The molecule has 1 saturated carbocycles. The number of likely N-dealkylation sites (N-methyl/N-ethyl adjacent to an activating group) is 1. The molecule has 0 amide bonds. The van der Waals surface area contributed by atoms with Crippen LogP contribution < -0.4 is 10.6 Å². The highest BCUT2D eigenvalue weighted by Gasteiger charge is 2.34. The maximum absolute atomic E-state index is 12.8. The Morgan fingerprint density at radius 2 is 1.94 bits per heavy atom. The van der Waals surface area contributed by atoms with Gasteiger partial charge in [-0.05, 0) is 50.5 Å². The van der Waals surface area contributed by atoms with Gasteiger partial charge in [0.2, 0.25) is 0 Å². The minimum atomic E-state index is -0.189. The van der Waals surface area contributed by atoms with Crippen molar-refractivity contribution in [1.29, 1.82) is 0 Å². The number of anilines is 1. The fraction of sp³-hybridized carbons (Fsp3) is 0.538. The van der Waals surface area contributed by atoms with Crippen molar-refractivity contribution in [3.63, 3.8) is 0 Å². The monoisotopic (exact) mass is 222 g/mol. The van der Waals surface area contributed by atoms with Crippen LogP contribution in [0.1, 0.15) is 26.2 Å². The molecule has 2 N–H and O–H groups in total. The van der Waals surface area contributed by atoms with Gasteiger partial charge in [0.25, 0.3) is 0 Å². The molecule has 0 heterocycles. The second-order valence-electron chi connectivity index (χ2n) is 4.71. The van der Waals surface area contributed by atoms with Gasteiger partial charge in [0.1, 0.15) is 5.82 Å². The topological polar surface area (TPSA) is 29.3 Å². The van der Waals surface area contributed by atoms with Crippen molar-refractivity contribution in [2.45, 2.75) is 31.7 Å². The standard InChI is InChI=1S/C13H19FN2/c1-2-16(10-13(15)8-3-9-13)12-6-4-11(14)5-7-12/h4-7H,2-3,8-10,15H2,1H3. The van der Waals surface area contributed by atoms with E-state index in [0.717, 1.165) is 31.6 Å². The molecule has 0 spiro atoms. The minimum absolute atomic E-state index is 0.0234. The van der Waals surface area contributed by atoms with Crippen LogP contribution in [0, 0.1) is 5.82 Å².